The summed E-state index contributed by atoms with van der Waals surface area (Å²) in [6.45, 7) is 5.02. The third kappa shape index (κ3) is 70.0. The highest BCUT2D eigenvalue weighted by molar-refractivity contribution is 5.76. The van der Waals surface area contributed by atoms with Crippen LogP contribution in [0.15, 0.2) is 0 Å². The van der Waals surface area contributed by atoms with Gasteiger partial charge in [0.25, 0.3) is 0 Å². The van der Waals surface area contributed by atoms with E-state index in [1.807, 2.05) is 0 Å². The van der Waals surface area contributed by atoms with E-state index in [1.54, 1.807) is 0 Å². The fourth-order valence-corrected chi connectivity index (χ4v) is 12.9. The van der Waals surface area contributed by atoms with Crippen LogP contribution in [0.4, 0.5) is 0 Å². The number of carbonyl (C=O) groups is 2. The van der Waals surface area contributed by atoms with Crippen LogP contribution in [-0.2, 0) is 14.3 Å². The molecule has 2 unspecified atom stereocenters. The predicted octanol–water partition coefficient (Wildman–Crippen LogP) is 25.7. The lowest BCUT2D eigenvalue weighted by molar-refractivity contribution is -0.143. The van der Waals surface area contributed by atoms with Gasteiger partial charge < -0.3 is 20.3 Å². The average Bonchev–Trinajstić information content (AvgIpc) is 3.51. The summed E-state index contributed by atoms with van der Waals surface area (Å²) in [6, 6.07) is -0.537. The first kappa shape index (κ1) is 82.9. The van der Waals surface area contributed by atoms with E-state index in [2.05, 4.69) is 19.2 Å². The van der Waals surface area contributed by atoms with E-state index in [0.29, 0.717) is 25.9 Å². The van der Waals surface area contributed by atoms with E-state index in [1.165, 1.54) is 392 Å². The number of rotatable bonds is 75. The van der Waals surface area contributed by atoms with Gasteiger partial charge in [0.1, 0.15) is 0 Å². The largest absolute Gasteiger partial charge is 0.466 e. The van der Waals surface area contributed by atoms with Crippen molar-refractivity contribution in [3.8, 4) is 0 Å². The lowest BCUT2D eigenvalue weighted by Crippen LogP contribution is -2.45. The maximum atomic E-state index is 12.5. The standard InChI is InChI=1S/C78H155NO5/c1-3-5-7-9-11-13-15-17-19-21-35-40-44-48-52-56-60-64-68-72-78(83)84-73-69-65-61-57-53-49-45-41-37-34-32-30-28-26-24-22-23-25-27-29-31-33-36-39-43-47-51-55-59-63-67-71-77(82)79-75(74-80)76(81)70-66-62-58-54-50-46-42-38-20-18-16-14-12-10-8-6-4-2/h75-76,80-81H,3-74H2,1-2H3,(H,79,82). The summed E-state index contributed by atoms with van der Waals surface area (Å²) in [6.07, 6.45) is 91.9. The number of aliphatic hydroxyl groups is 2. The van der Waals surface area contributed by atoms with Crippen LogP contribution >= 0.6 is 0 Å². The molecule has 0 saturated carbocycles. The Bertz CT molecular complexity index is 1230. The van der Waals surface area contributed by atoms with Gasteiger partial charge in [-0.2, -0.15) is 0 Å². The summed E-state index contributed by atoms with van der Waals surface area (Å²) in [4.78, 5) is 24.7. The molecule has 0 aromatic rings. The molecule has 6 nitrogen and oxygen atoms in total. The molecular weight excluding hydrogens is 1030 g/mol. The van der Waals surface area contributed by atoms with Gasteiger partial charge in [-0.05, 0) is 25.7 Å². The number of hydrogen-bond acceptors (Lipinski definition) is 5. The molecule has 0 aliphatic heterocycles. The Kier molecular flexibility index (Phi) is 73.3. The average molecular weight is 1190 g/mol. The Morgan fingerprint density at radius 2 is 0.488 bits per heavy atom. The lowest BCUT2D eigenvalue weighted by Gasteiger charge is -2.22. The number of unbranched alkanes of at least 4 members (excludes halogenated alkanes) is 64. The van der Waals surface area contributed by atoms with E-state index in [9.17, 15) is 19.8 Å². The molecule has 0 bridgehead atoms. The maximum Gasteiger partial charge on any atom is 0.305 e. The zero-order chi connectivity index (χ0) is 60.6. The van der Waals surface area contributed by atoms with Gasteiger partial charge in [-0.3, -0.25) is 9.59 Å². The lowest BCUT2D eigenvalue weighted by atomic mass is 10.0. The molecule has 0 rings (SSSR count). The van der Waals surface area contributed by atoms with Crippen molar-refractivity contribution in [1.29, 1.82) is 0 Å². The van der Waals surface area contributed by atoms with Crippen molar-refractivity contribution in [1.82, 2.24) is 5.32 Å². The van der Waals surface area contributed by atoms with E-state index in [-0.39, 0.29) is 18.5 Å². The molecule has 3 N–H and O–H groups in total. The highest BCUT2D eigenvalue weighted by Crippen LogP contribution is 2.21. The van der Waals surface area contributed by atoms with Gasteiger partial charge in [0.15, 0.2) is 0 Å². The second-order valence-corrected chi connectivity index (χ2v) is 27.4. The normalized spacial score (nSPS) is 12.4. The molecular formula is C78H155NO5. The zero-order valence-electron chi connectivity index (χ0n) is 57.7. The Morgan fingerprint density at radius 1 is 0.286 bits per heavy atom. The molecule has 0 aliphatic rings. The fraction of sp³-hybridized carbons (Fsp3) is 0.974. The SMILES string of the molecule is CCCCCCCCCCCCCCCCCCCCCC(=O)OCCCCCCCCCCCCCCCCCCCCCCCCCCCCCCCCCC(=O)NC(CO)C(O)CCCCCCCCCCCCCCCCCCC. The highest BCUT2D eigenvalue weighted by atomic mass is 16.5. The summed E-state index contributed by atoms with van der Waals surface area (Å²) in [5, 5.41) is 23.4. The quantitative estimate of drug-likeness (QED) is 0.0417. The molecule has 0 saturated heterocycles. The summed E-state index contributed by atoms with van der Waals surface area (Å²) >= 11 is 0. The minimum atomic E-state index is -0.661. The first-order valence-electron chi connectivity index (χ1n) is 39.3. The van der Waals surface area contributed by atoms with Crippen molar-refractivity contribution in [3.05, 3.63) is 0 Å². The molecule has 84 heavy (non-hydrogen) atoms. The third-order valence-electron chi connectivity index (χ3n) is 18.9. The molecule has 0 aliphatic carbocycles. The van der Waals surface area contributed by atoms with E-state index in [4.69, 9.17) is 4.74 Å². The molecule has 2 atom stereocenters. The number of esters is 1. The third-order valence-corrected chi connectivity index (χ3v) is 18.9. The smallest absolute Gasteiger partial charge is 0.305 e. The van der Waals surface area contributed by atoms with E-state index < -0.39 is 12.1 Å². The minimum absolute atomic E-state index is 0.0257. The van der Waals surface area contributed by atoms with Gasteiger partial charge >= 0.3 is 5.97 Å². The summed E-state index contributed by atoms with van der Waals surface area (Å²) < 4.78 is 5.52. The van der Waals surface area contributed by atoms with Gasteiger partial charge in [-0.1, -0.05) is 425 Å². The van der Waals surface area contributed by atoms with Crippen LogP contribution in [-0.4, -0.2) is 47.4 Å². The van der Waals surface area contributed by atoms with Crippen LogP contribution in [0, 0.1) is 0 Å². The van der Waals surface area contributed by atoms with Gasteiger partial charge in [0.2, 0.25) is 5.91 Å². The van der Waals surface area contributed by atoms with Crippen LogP contribution < -0.4 is 5.32 Å². The van der Waals surface area contributed by atoms with E-state index >= 15 is 0 Å². The van der Waals surface area contributed by atoms with Crippen LogP contribution in [0.1, 0.15) is 463 Å². The van der Waals surface area contributed by atoms with Crippen LogP contribution in [0.2, 0.25) is 0 Å². The molecule has 6 heteroatoms. The minimum Gasteiger partial charge on any atom is -0.466 e. The van der Waals surface area contributed by atoms with Crippen molar-refractivity contribution >= 4 is 11.9 Å². The molecule has 0 fully saturated rings. The van der Waals surface area contributed by atoms with Gasteiger partial charge in [0, 0.05) is 12.8 Å². The molecule has 1 amide bonds. The van der Waals surface area contributed by atoms with Crippen molar-refractivity contribution in [2.24, 2.45) is 0 Å². The van der Waals surface area contributed by atoms with Crippen molar-refractivity contribution in [3.63, 3.8) is 0 Å². The molecule has 0 spiro atoms. The Labute approximate surface area is 527 Å². The van der Waals surface area contributed by atoms with Gasteiger partial charge in [0.05, 0.1) is 25.4 Å². The first-order chi connectivity index (χ1) is 41.5. The van der Waals surface area contributed by atoms with Crippen LogP contribution in [0.5, 0.6) is 0 Å². The number of hydrogen-bond donors (Lipinski definition) is 3. The monoisotopic (exact) mass is 1190 g/mol. The van der Waals surface area contributed by atoms with Crippen LogP contribution in [0.25, 0.3) is 0 Å². The second-order valence-electron chi connectivity index (χ2n) is 27.4. The predicted molar refractivity (Wildman–Crippen MR) is 371 cm³/mol. The summed E-state index contributed by atoms with van der Waals surface area (Å²) in [5.41, 5.74) is 0. The number of carbonyl (C=O) groups excluding carboxylic acids is 2. The number of ether oxygens (including phenoxy) is 1. The van der Waals surface area contributed by atoms with Crippen LogP contribution in [0.3, 0.4) is 0 Å². The molecule has 0 aromatic heterocycles. The highest BCUT2D eigenvalue weighted by Gasteiger charge is 2.20. The molecule has 0 aromatic carbocycles. The van der Waals surface area contributed by atoms with E-state index in [0.717, 1.165) is 38.5 Å². The Balaban J connectivity index is 3.30. The Hall–Kier alpha value is -1.14. The van der Waals surface area contributed by atoms with Gasteiger partial charge in [-0.15, -0.1) is 0 Å². The number of nitrogens with one attached hydrogen (secondary N) is 1. The Morgan fingerprint density at radius 3 is 0.726 bits per heavy atom. The fourth-order valence-electron chi connectivity index (χ4n) is 12.9. The zero-order valence-corrected chi connectivity index (χ0v) is 57.7. The van der Waals surface area contributed by atoms with Crippen molar-refractivity contribution in [2.45, 2.75) is 475 Å². The number of amides is 1. The van der Waals surface area contributed by atoms with Gasteiger partial charge in [-0.25, -0.2) is 0 Å². The summed E-state index contributed by atoms with van der Waals surface area (Å²) in [5.74, 6) is 0.00129. The maximum absolute atomic E-state index is 12.5. The summed E-state index contributed by atoms with van der Waals surface area (Å²) in [7, 11) is 0. The topological polar surface area (TPSA) is 95.9 Å². The van der Waals surface area contributed by atoms with Crippen molar-refractivity contribution < 1.29 is 24.5 Å². The van der Waals surface area contributed by atoms with Crippen molar-refractivity contribution in [2.75, 3.05) is 13.2 Å². The molecule has 502 valence electrons. The number of aliphatic hydroxyl groups excluding tert-OH is 2. The second kappa shape index (κ2) is 74.3. The first-order valence-corrected chi connectivity index (χ1v) is 39.3. The molecule has 0 radical (unpaired) electrons. The molecule has 0 heterocycles.